The fourth-order valence-electron chi connectivity index (χ4n) is 1.59. The Morgan fingerprint density at radius 3 is 2.83 bits per heavy atom. The number of hydrogen-bond acceptors (Lipinski definition) is 6. The SMILES string of the molecule is Cc1nnc2sc(-c3ccccc3N)nn2c1=O. The van der Waals surface area contributed by atoms with Gasteiger partial charge in [-0.1, -0.05) is 23.5 Å². The minimum Gasteiger partial charge on any atom is -0.398 e. The molecular formula is C11H9N5OS. The maximum absolute atomic E-state index is 11.8. The number of aryl methyl sites for hydroxylation is 1. The van der Waals surface area contributed by atoms with Crippen LogP contribution in [-0.4, -0.2) is 19.8 Å². The van der Waals surface area contributed by atoms with E-state index >= 15 is 0 Å². The van der Waals surface area contributed by atoms with Crippen molar-refractivity contribution < 1.29 is 0 Å². The summed E-state index contributed by atoms with van der Waals surface area (Å²) in [6.45, 7) is 1.61. The number of nitrogens with two attached hydrogens (primary N) is 1. The van der Waals surface area contributed by atoms with Crippen LogP contribution in [0.2, 0.25) is 0 Å². The van der Waals surface area contributed by atoms with Gasteiger partial charge in [-0.15, -0.1) is 10.2 Å². The van der Waals surface area contributed by atoms with Gasteiger partial charge in [-0.2, -0.15) is 9.61 Å². The molecule has 7 heteroatoms. The van der Waals surface area contributed by atoms with Crippen molar-refractivity contribution in [2.45, 2.75) is 6.92 Å². The summed E-state index contributed by atoms with van der Waals surface area (Å²) in [5.74, 6) is 0. The Labute approximate surface area is 106 Å². The third-order valence-corrected chi connectivity index (χ3v) is 3.47. The average molecular weight is 259 g/mol. The van der Waals surface area contributed by atoms with Crippen LogP contribution in [0.3, 0.4) is 0 Å². The molecule has 90 valence electrons. The summed E-state index contributed by atoms with van der Waals surface area (Å²) in [6, 6.07) is 7.37. The van der Waals surface area contributed by atoms with Crippen molar-refractivity contribution in [2.24, 2.45) is 0 Å². The van der Waals surface area contributed by atoms with Gasteiger partial charge in [-0.3, -0.25) is 4.79 Å². The minimum absolute atomic E-state index is 0.253. The molecule has 0 saturated carbocycles. The predicted octanol–water partition coefficient (Wildman–Crippen LogP) is 1.10. The molecule has 0 aliphatic heterocycles. The number of para-hydroxylation sites is 1. The molecule has 0 saturated heterocycles. The van der Waals surface area contributed by atoms with Crippen molar-refractivity contribution in [1.82, 2.24) is 19.8 Å². The first-order valence-corrected chi connectivity index (χ1v) is 6.06. The van der Waals surface area contributed by atoms with Crippen LogP contribution in [-0.2, 0) is 0 Å². The molecule has 0 atom stereocenters. The molecule has 0 amide bonds. The van der Waals surface area contributed by atoms with Crippen LogP contribution >= 0.6 is 11.3 Å². The summed E-state index contributed by atoms with van der Waals surface area (Å²) in [6.07, 6.45) is 0. The first-order valence-electron chi connectivity index (χ1n) is 5.25. The monoisotopic (exact) mass is 259 g/mol. The molecule has 0 aliphatic carbocycles. The van der Waals surface area contributed by atoms with Gasteiger partial charge in [0, 0.05) is 11.3 Å². The second-order valence-corrected chi connectivity index (χ2v) is 4.74. The van der Waals surface area contributed by atoms with E-state index < -0.39 is 0 Å². The van der Waals surface area contributed by atoms with E-state index in [1.807, 2.05) is 18.2 Å². The summed E-state index contributed by atoms with van der Waals surface area (Å²) in [7, 11) is 0. The van der Waals surface area contributed by atoms with Crippen molar-refractivity contribution in [1.29, 1.82) is 0 Å². The van der Waals surface area contributed by atoms with E-state index in [9.17, 15) is 4.79 Å². The predicted molar refractivity (Wildman–Crippen MR) is 69.5 cm³/mol. The Hall–Kier alpha value is -2.28. The smallest absolute Gasteiger partial charge is 0.296 e. The average Bonchev–Trinajstić information content (AvgIpc) is 2.79. The normalized spacial score (nSPS) is 10.9. The van der Waals surface area contributed by atoms with Gasteiger partial charge in [0.25, 0.3) is 5.56 Å². The second-order valence-electron chi connectivity index (χ2n) is 3.78. The van der Waals surface area contributed by atoms with Gasteiger partial charge < -0.3 is 5.73 Å². The summed E-state index contributed by atoms with van der Waals surface area (Å²) in [5.41, 5.74) is 7.37. The van der Waals surface area contributed by atoms with E-state index in [1.54, 1.807) is 13.0 Å². The molecule has 1 aromatic carbocycles. The molecule has 0 spiro atoms. The lowest BCUT2D eigenvalue weighted by molar-refractivity contribution is 0.829. The first kappa shape index (κ1) is 10.8. The maximum atomic E-state index is 11.8. The van der Waals surface area contributed by atoms with Gasteiger partial charge in [-0.25, -0.2) is 0 Å². The molecule has 0 fully saturated rings. The van der Waals surface area contributed by atoms with E-state index in [-0.39, 0.29) is 5.56 Å². The molecule has 0 aliphatic rings. The Morgan fingerprint density at radius 1 is 1.28 bits per heavy atom. The number of hydrogen-bond donors (Lipinski definition) is 1. The quantitative estimate of drug-likeness (QED) is 0.661. The van der Waals surface area contributed by atoms with Gasteiger partial charge in [0.2, 0.25) is 4.96 Å². The highest BCUT2D eigenvalue weighted by Crippen LogP contribution is 2.28. The fraction of sp³-hybridized carbons (Fsp3) is 0.0909. The van der Waals surface area contributed by atoms with Gasteiger partial charge >= 0.3 is 0 Å². The van der Waals surface area contributed by atoms with E-state index in [4.69, 9.17) is 5.73 Å². The summed E-state index contributed by atoms with van der Waals surface area (Å²) >= 11 is 1.29. The van der Waals surface area contributed by atoms with E-state index in [1.165, 1.54) is 15.9 Å². The standard InChI is InChI=1S/C11H9N5OS/c1-6-10(17)16-11(14-13-6)18-9(15-16)7-4-2-3-5-8(7)12/h2-5H,12H2,1H3. The summed E-state index contributed by atoms with van der Waals surface area (Å²) in [4.78, 5) is 12.3. The number of fused-ring (bicyclic) bond motifs is 1. The zero-order valence-corrected chi connectivity index (χ0v) is 10.3. The number of anilines is 1. The van der Waals surface area contributed by atoms with Gasteiger partial charge in [0.05, 0.1) is 0 Å². The van der Waals surface area contributed by atoms with Crippen molar-refractivity contribution in [3.8, 4) is 10.6 Å². The van der Waals surface area contributed by atoms with E-state index in [2.05, 4.69) is 15.3 Å². The third kappa shape index (κ3) is 1.56. The Balaban J connectivity index is 2.30. The molecule has 0 radical (unpaired) electrons. The highest BCUT2D eigenvalue weighted by molar-refractivity contribution is 7.19. The van der Waals surface area contributed by atoms with Crippen LogP contribution in [0.1, 0.15) is 5.69 Å². The van der Waals surface area contributed by atoms with Crippen molar-refractivity contribution in [3.63, 3.8) is 0 Å². The molecule has 3 rings (SSSR count). The highest BCUT2D eigenvalue weighted by Gasteiger charge is 2.12. The lowest BCUT2D eigenvalue weighted by Crippen LogP contribution is -2.19. The van der Waals surface area contributed by atoms with Crippen molar-refractivity contribution in [2.75, 3.05) is 5.73 Å². The van der Waals surface area contributed by atoms with Crippen molar-refractivity contribution in [3.05, 3.63) is 40.3 Å². The summed E-state index contributed by atoms with van der Waals surface area (Å²) in [5, 5.41) is 12.6. The number of aromatic nitrogens is 4. The molecule has 6 nitrogen and oxygen atoms in total. The number of nitrogen functional groups attached to an aromatic ring is 1. The van der Waals surface area contributed by atoms with Crippen LogP contribution in [0.5, 0.6) is 0 Å². The van der Waals surface area contributed by atoms with Gasteiger partial charge in [0.15, 0.2) is 0 Å². The lowest BCUT2D eigenvalue weighted by Gasteiger charge is -1.98. The third-order valence-electron chi connectivity index (χ3n) is 2.54. The van der Waals surface area contributed by atoms with Crippen LogP contribution in [0.15, 0.2) is 29.1 Å². The molecule has 18 heavy (non-hydrogen) atoms. The van der Waals surface area contributed by atoms with Crippen molar-refractivity contribution >= 4 is 22.0 Å². The van der Waals surface area contributed by atoms with Crippen LogP contribution in [0.25, 0.3) is 15.5 Å². The van der Waals surface area contributed by atoms with Crippen LogP contribution in [0, 0.1) is 6.92 Å². The zero-order chi connectivity index (χ0) is 12.7. The number of benzene rings is 1. The molecule has 3 aromatic rings. The van der Waals surface area contributed by atoms with Crippen LogP contribution in [0.4, 0.5) is 5.69 Å². The van der Waals surface area contributed by atoms with Gasteiger partial charge in [0.1, 0.15) is 10.7 Å². The molecular weight excluding hydrogens is 250 g/mol. The number of nitrogens with zero attached hydrogens (tertiary/aromatic N) is 4. The summed E-state index contributed by atoms with van der Waals surface area (Å²) < 4.78 is 1.26. The molecule has 2 heterocycles. The molecule has 2 N–H and O–H groups in total. The second kappa shape index (κ2) is 3.88. The Morgan fingerprint density at radius 2 is 2.06 bits per heavy atom. The largest absolute Gasteiger partial charge is 0.398 e. The lowest BCUT2D eigenvalue weighted by atomic mass is 10.2. The van der Waals surface area contributed by atoms with Gasteiger partial charge in [-0.05, 0) is 19.1 Å². The Bertz CT molecular complexity index is 791. The fourth-order valence-corrected chi connectivity index (χ4v) is 2.48. The van der Waals surface area contributed by atoms with E-state index in [0.29, 0.717) is 21.3 Å². The Kier molecular flexibility index (Phi) is 2.34. The molecule has 0 bridgehead atoms. The first-order chi connectivity index (χ1) is 8.66. The highest BCUT2D eigenvalue weighted by atomic mass is 32.1. The topological polar surface area (TPSA) is 86.2 Å². The number of rotatable bonds is 1. The zero-order valence-electron chi connectivity index (χ0n) is 9.49. The van der Waals surface area contributed by atoms with E-state index in [0.717, 1.165) is 5.56 Å². The molecule has 0 unspecified atom stereocenters. The maximum Gasteiger partial charge on any atom is 0.296 e. The minimum atomic E-state index is -0.253. The molecule has 2 aromatic heterocycles. The van der Waals surface area contributed by atoms with Crippen LogP contribution < -0.4 is 11.3 Å².